The first-order chi connectivity index (χ1) is 29.7. The van der Waals surface area contributed by atoms with Gasteiger partial charge in [-0.2, -0.15) is 0 Å². The summed E-state index contributed by atoms with van der Waals surface area (Å²) >= 11 is 0. The minimum absolute atomic E-state index is 0.588. The zero-order chi connectivity index (χ0) is 39.3. The number of hydrogen-bond acceptors (Lipinski definition) is 5. The van der Waals surface area contributed by atoms with Gasteiger partial charge in [-0.3, -0.25) is 0 Å². The monoisotopic (exact) mass is 765 g/mol. The fourth-order valence-corrected chi connectivity index (χ4v) is 9.24. The van der Waals surface area contributed by atoms with Crippen molar-refractivity contribution in [3.63, 3.8) is 0 Å². The summed E-state index contributed by atoms with van der Waals surface area (Å²) in [5.74, 6) is 1.80. The normalized spacial score (nSPS) is 12.0. The lowest BCUT2D eigenvalue weighted by molar-refractivity contribution is 0.669. The van der Waals surface area contributed by atoms with Gasteiger partial charge >= 0.3 is 0 Å². The Morgan fingerprint density at radius 1 is 0.267 bits per heavy atom. The molecule has 3 heterocycles. The van der Waals surface area contributed by atoms with Crippen molar-refractivity contribution in [3.05, 3.63) is 188 Å². The molecule has 0 radical (unpaired) electrons. The van der Waals surface area contributed by atoms with Crippen molar-refractivity contribution in [2.24, 2.45) is 0 Å². The Morgan fingerprint density at radius 3 is 1.72 bits per heavy atom. The molecule has 60 heavy (non-hydrogen) atoms. The summed E-state index contributed by atoms with van der Waals surface area (Å²) in [4.78, 5) is 15.8. The van der Waals surface area contributed by atoms with Crippen molar-refractivity contribution >= 4 is 87.0 Å². The van der Waals surface area contributed by atoms with Gasteiger partial charge < -0.3 is 8.83 Å². The molecule has 0 aliphatic rings. The maximum Gasteiger partial charge on any atom is 0.164 e. The number of para-hydroxylation sites is 2. The predicted molar refractivity (Wildman–Crippen MR) is 246 cm³/mol. The van der Waals surface area contributed by atoms with Crippen molar-refractivity contribution in [1.82, 2.24) is 15.0 Å². The number of rotatable bonds is 4. The average Bonchev–Trinajstić information content (AvgIpc) is 3.88. The Hall–Kier alpha value is -8.15. The Balaban J connectivity index is 1.01. The van der Waals surface area contributed by atoms with Crippen molar-refractivity contribution in [2.45, 2.75) is 0 Å². The first-order valence-electron chi connectivity index (χ1n) is 20.2. The second-order valence-electron chi connectivity index (χ2n) is 15.5. The second kappa shape index (κ2) is 12.7. The summed E-state index contributed by atoms with van der Waals surface area (Å²) in [6.07, 6.45) is 0. The third kappa shape index (κ3) is 5.03. The van der Waals surface area contributed by atoms with Gasteiger partial charge in [0.25, 0.3) is 0 Å². The van der Waals surface area contributed by atoms with Gasteiger partial charge in [-0.15, -0.1) is 0 Å². The van der Waals surface area contributed by atoms with Gasteiger partial charge in [0, 0.05) is 38.2 Å². The van der Waals surface area contributed by atoms with E-state index in [1.54, 1.807) is 0 Å². The molecule has 0 amide bonds. The van der Waals surface area contributed by atoms with Crippen molar-refractivity contribution in [1.29, 1.82) is 0 Å². The van der Waals surface area contributed by atoms with E-state index in [-0.39, 0.29) is 0 Å². The van der Waals surface area contributed by atoms with Crippen LogP contribution in [-0.4, -0.2) is 15.0 Å². The van der Waals surface area contributed by atoms with Gasteiger partial charge in [-0.1, -0.05) is 140 Å². The molecule has 0 unspecified atom stereocenters. The lowest BCUT2D eigenvalue weighted by Crippen LogP contribution is -2.01. The predicted octanol–water partition coefficient (Wildman–Crippen LogP) is 15.0. The van der Waals surface area contributed by atoms with Gasteiger partial charge in [0.15, 0.2) is 17.5 Å². The minimum atomic E-state index is 0.588. The van der Waals surface area contributed by atoms with Crippen LogP contribution in [0.25, 0.3) is 132 Å². The molecule has 0 N–H and O–H groups in total. The van der Waals surface area contributed by atoms with E-state index in [1.807, 2.05) is 42.5 Å². The minimum Gasteiger partial charge on any atom is -0.456 e. The van der Waals surface area contributed by atoms with Crippen molar-refractivity contribution in [2.75, 3.05) is 0 Å². The van der Waals surface area contributed by atoms with Gasteiger partial charge in [-0.25, -0.2) is 15.0 Å². The lowest BCUT2D eigenvalue weighted by atomic mass is 9.93. The maximum absolute atomic E-state index is 6.33. The number of benzene rings is 10. The smallest absolute Gasteiger partial charge is 0.164 e. The van der Waals surface area contributed by atoms with E-state index in [0.29, 0.717) is 17.5 Å². The van der Waals surface area contributed by atoms with Crippen molar-refractivity contribution < 1.29 is 8.83 Å². The zero-order valence-electron chi connectivity index (χ0n) is 32.1. The van der Waals surface area contributed by atoms with Crippen LogP contribution in [0.15, 0.2) is 197 Å². The van der Waals surface area contributed by atoms with Crippen LogP contribution in [0.5, 0.6) is 0 Å². The fourth-order valence-electron chi connectivity index (χ4n) is 9.24. The van der Waals surface area contributed by atoms with Crippen LogP contribution in [0.3, 0.4) is 0 Å². The zero-order valence-corrected chi connectivity index (χ0v) is 32.1. The number of aromatic nitrogens is 3. The van der Waals surface area contributed by atoms with E-state index in [2.05, 4.69) is 146 Å². The molecule has 278 valence electrons. The van der Waals surface area contributed by atoms with Gasteiger partial charge in [-0.05, 0) is 103 Å². The lowest BCUT2D eigenvalue weighted by Gasteiger charge is -2.14. The second-order valence-corrected chi connectivity index (χ2v) is 15.5. The molecule has 0 aliphatic heterocycles. The number of hydrogen-bond donors (Lipinski definition) is 0. The molecule has 3 aromatic heterocycles. The van der Waals surface area contributed by atoms with Crippen molar-refractivity contribution in [3.8, 4) is 45.3 Å². The van der Waals surface area contributed by atoms with Gasteiger partial charge in [0.05, 0.1) is 0 Å². The SMILES string of the molecule is c1ccc2c(c1)ccc1cc(-c3nc(-c4ccc(-c5ccc6cc7c(cc6c5)oc5ccccc57)c5ccccc45)nc(-c4cccc5oc6ccccc6c45)n3)ccc12. The van der Waals surface area contributed by atoms with E-state index in [9.17, 15) is 0 Å². The Kier molecular flexibility index (Phi) is 6.95. The van der Waals surface area contributed by atoms with Crippen LogP contribution in [-0.2, 0) is 0 Å². The molecular formula is C55H31N3O2. The van der Waals surface area contributed by atoms with Crippen LogP contribution in [0.1, 0.15) is 0 Å². The van der Waals surface area contributed by atoms with Crippen LogP contribution in [0.2, 0.25) is 0 Å². The van der Waals surface area contributed by atoms with E-state index < -0.39 is 0 Å². The highest BCUT2D eigenvalue weighted by Gasteiger charge is 2.20. The van der Waals surface area contributed by atoms with Gasteiger partial charge in [0.1, 0.15) is 22.3 Å². The van der Waals surface area contributed by atoms with Crippen LogP contribution in [0.4, 0.5) is 0 Å². The number of nitrogens with zero attached hydrogens (tertiary/aromatic N) is 3. The topological polar surface area (TPSA) is 65.0 Å². The molecule has 5 heteroatoms. The Morgan fingerprint density at radius 2 is 0.850 bits per heavy atom. The number of furan rings is 2. The highest BCUT2D eigenvalue weighted by Crippen LogP contribution is 2.41. The fraction of sp³-hybridized carbons (Fsp3) is 0. The molecule has 0 saturated heterocycles. The van der Waals surface area contributed by atoms with E-state index >= 15 is 0 Å². The van der Waals surface area contributed by atoms with Crippen LogP contribution < -0.4 is 0 Å². The number of fused-ring (bicyclic) bond motifs is 11. The molecular weight excluding hydrogens is 735 g/mol. The highest BCUT2D eigenvalue weighted by atomic mass is 16.3. The molecule has 0 saturated carbocycles. The molecule has 0 aliphatic carbocycles. The van der Waals surface area contributed by atoms with Crippen LogP contribution >= 0.6 is 0 Å². The summed E-state index contributed by atoms with van der Waals surface area (Å²) < 4.78 is 12.6. The molecule has 13 aromatic rings. The van der Waals surface area contributed by atoms with Gasteiger partial charge in [0.2, 0.25) is 0 Å². The third-order valence-electron chi connectivity index (χ3n) is 12.1. The van der Waals surface area contributed by atoms with E-state index in [0.717, 1.165) is 93.2 Å². The summed E-state index contributed by atoms with van der Waals surface area (Å²) in [5, 5.41) is 13.5. The summed E-state index contributed by atoms with van der Waals surface area (Å²) in [7, 11) is 0. The van der Waals surface area contributed by atoms with Crippen LogP contribution in [0, 0.1) is 0 Å². The molecule has 0 bridgehead atoms. The summed E-state index contributed by atoms with van der Waals surface area (Å²) in [5.41, 5.74) is 8.41. The first kappa shape index (κ1) is 32.9. The third-order valence-corrected chi connectivity index (χ3v) is 12.1. The Bertz CT molecular complexity index is 3910. The Labute approximate surface area is 342 Å². The molecule has 0 spiro atoms. The summed E-state index contributed by atoms with van der Waals surface area (Å²) in [6.45, 7) is 0. The largest absolute Gasteiger partial charge is 0.456 e. The first-order valence-corrected chi connectivity index (χ1v) is 20.2. The molecule has 0 atom stereocenters. The molecule has 13 rings (SSSR count). The van der Waals surface area contributed by atoms with E-state index in [4.69, 9.17) is 23.8 Å². The highest BCUT2D eigenvalue weighted by molar-refractivity contribution is 6.13. The molecule has 0 fully saturated rings. The molecule has 5 nitrogen and oxygen atoms in total. The van der Waals surface area contributed by atoms with E-state index in [1.165, 1.54) is 21.5 Å². The molecule has 10 aromatic carbocycles. The standard InChI is InChI=1S/C55H31N3O2/c1-2-11-38-32(10-1)20-22-34-28-36(24-25-39(34)38)53-56-54(58-55(57-53)46-16-9-19-50-52(46)45-15-6-8-18-49(45)59-50)44-27-26-40(41-12-3-4-13-42(41)44)35-23-21-33-30-47-43-14-5-7-17-48(43)60-51(47)31-37(33)29-35/h1-31H. The summed E-state index contributed by atoms with van der Waals surface area (Å²) in [6, 6.07) is 65.9. The average molecular weight is 766 g/mol. The maximum atomic E-state index is 6.33. The quantitative estimate of drug-likeness (QED) is 0.167.